The molecule has 8 heteroatoms. The summed E-state index contributed by atoms with van der Waals surface area (Å²) in [6, 6.07) is 16.1. The predicted molar refractivity (Wildman–Crippen MR) is 122 cm³/mol. The molecule has 0 bridgehead atoms. The van der Waals surface area contributed by atoms with E-state index in [0.29, 0.717) is 16.3 Å². The summed E-state index contributed by atoms with van der Waals surface area (Å²) in [5.74, 6) is -1.30. The summed E-state index contributed by atoms with van der Waals surface area (Å²) < 4.78 is 0.963. The Balaban J connectivity index is 1.49. The average Bonchev–Trinajstić information content (AvgIpc) is 3.35. The van der Waals surface area contributed by atoms with Crippen molar-refractivity contribution in [2.45, 2.75) is 13.5 Å². The maximum absolute atomic E-state index is 13.4. The zero-order valence-electron chi connectivity index (χ0n) is 17.2. The van der Waals surface area contributed by atoms with E-state index >= 15 is 0 Å². The molecule has 0 spiro atoms. The largest absolute Gasteiger partial charge is 0.282 e. The van der Waals surface area contributed by atoms with Gasteiger partial charge in [-0.2, -0.15) is 0 Å². The molecular formula is C24H18N4O3S. The summed E-state index contributed by atoms with van der Waals surface area (Å²) in [6.45, 7) is 1.84. The number of nitrogens with zero attached hydrogens (tertiary/aromatic N) is 4. The fraction of sp³-hybridized carbons (Fsp3) is 0.125. The Morgan fingerprint density at radius 3 is 2.41 bits per heavy atom. The highest BCUT2D eigenvalue weighted by atomic mass is 32.1. The molecule has 2 aromatic heterocycles. The number of anilines is 1. The van der Waals surface area contributed by atoms with Gasteiger partial charge in [0, 0.05) is 12.4 Å². The van der Waals surface area contributed by atoms with Crippen molar-refractivity contribution in [2.75, 3.05) is 11.4 Å². The summed E-state index contributed by atoms with van der Waals surface area (Å²) in [5, 5.41) is 0.514. The number of hydrogen-bond acceptors (Lipinski definition) is 6. The summed E-state index contributed by atoms with van der Waals surface area (Å²) in [5.41, 5.74) is 3.30. The molecule has 32 heavy (non-hydrogen) atoms. The minimum Gasteiger partial charge on any atom is -0.282 e. The first-order chi connectivity index (χ1) is 15.5. The molecule has 0 N–H and O–H groups in total. The number of amides is 3. The molecular weight excluding hydrogens is 424 g/mol. The van der Waals surface area contributed by atoms with Crippen LogP contribution < -0.4 is 4.90 Å². The lowest BCUT2D eigenvalue weighted by atomic mass is 10.1. The van der Waals surface area contributed by atoms with E-state index in [9.17, 15) is 14.4 Å². The molecule has 0 aliphatic carbocycles. The molecule has 3 amide bonds. The maximum atomic E-state index is 13.4. The first-order valence-electron chi connectivity index (χ1n) is 10.0. The number of fused-ring (bicyclic) bond motifs is 2. The lowest BCUT2D eigenvalue weighted by Crippen LogP contribution is -2.42. The Hall–Kier alpha value is -3.91. The Morgan fingerprint density at radius 1 is 1.00 bits per heavy atom. The second-order valence-corrected chi connectivity index (χ2v) is 8.51. The van der Waals surface area contributed by atoms with Crippen LogP contribution in [0, 0.1) is 6.92 Å². The molecule has 1 aliphatic rings. The molecule has 0 unspecified atom stereocenters. The van der Waals surface area contributed by atoms with E-state index in [2.05, 4.69) is 4.98 Å². The first kappa shape index (κ1) is 20.0. The Kier molecular flexibility index (Phi) is 4.99. The molecule has 5 rings (SSSR count). The molecule has 0 saturated heterocycles. The van der Waals surface area contributed by atoms with Gasteiger partial charge in [0.2, 0.25) is 5.91 Å². The van der Waals surface area contributed by atoms with Gasteiger partial charge in [-0.15, -0.1) is 0 Å². The number of carbonyl (C=O) groups is 3. The number of aryl methyl sites for hydroxylation is 1. The van der Waals surface area contributed by atoms with Crippen molar-refractivity contribution in [3.8, 4) is 0 Å². The van der Waals surface area contributed by atoms with E-state index in [1.807, 2.05) is 31.2 Å². The zero-order chi connectivity index (χ0) is 22.2. The highest BCUT2D eigenvalue weighted by Crippen LogP contribution is 2.32. The van der Waals surface area contributed by atoms with Crippen molar-refractivity contribution < 1.29 is 14.4 Å². The average molecular weight is 443 g/mol. The van der Waals surface area contributed by atoms with Gasteiger partial charge >= 0.3 is 0 Å². The van der Waals surface area contributed by atoms with Crippen molar-refractivity contribution in [1.82, 2.24) is 14.9 Å². The number of rotatable bonds is 5. The van der Waals surface area contributed by atoms with E-state index in [0.717, 1.165) is 26.2 Å². The smallest absolute Gasteiger partial charge is 0.262 e. The molecule has 0 radical (unpaired) electrons. The quantitative estimate of drug-likeness (QED) is 0.439. The Morgan fingerprint density at radius 2 is 1.75 bits per heavy atom. The number of benzene rings is 2. The van der Waals surface area contributed by atoms with Crippen LogP contribution >= 0.6 is 11.3 Å². The van der Waals surface area contributed by atoms with E-state index in [4.69, 9.17) is 4.98 Å². The van der Waals surface area contributed by atoms with Crippen molar-refractivity contribution in [1.29, 1.82) is 0 Å². The molecule has 0 atom stereocenters. The van der Waals surface area contributed by atoms with Gasteiger partial charge in [0.1, 0.15) is 6.54 Å². The molecule has 0 fully saturated rings. The number of hydrogen-bond donors (Lipinski definition) is 0. The second kappa shape index (κ2) is 7.97. The highest BCUT2D eigenvalue weighted by molar-refractivity contribution is 7.22. The van der Waals surface area contributed by atoms with Crippen LogP contribution in [0.25, 0.3) is 10.2 Å². The summed E-state index contributed by atoms with van der Waals surface area (Å²) >= 11 is 1.40. The topological polar surface area (TPSA) is 83.5 Å². The normalized spacial score (nSPS) is 13.0. The molecule has 158 valence electrons. The molecule has 0 saturated carbocycles. The molecule has 1 aliphatic heterocycles. The van der Waals surface area contributed by atoms with Crippen LogP contribution in [0.3, 0.4) is 0 Å². The third kappa shape index (κ3) is 3.44. The number of carbonyl (C=O) groups excluding carboxylic acids is 3. The maximum Gasteiger partial charge on any atom is 0.262 e. The Labute approximate surface area is 187 Å². The first-order valence-corrected chi connectivity index (χ1v) is 10.9. The van der Waals surface area contributed by atoms with E-state index in [1.54, 1.807) is 42.7 Å². The van der Waals surface area contributed by atoms with Crippen LogP contribution in [0.2, 0.25) is 0 Å². The van der Waals surface area contributed by atoms with Gasteiger partial charge in [-0.1, -0.05) is 41.7 Å². The van der Waals surface area contributed by atoms with Crippen molar-refractivity contribution in [3.05, 3.63) is 89.2 Å². The molecule has 4 aromatic rings. The standard InChI is InChI=1S/C24H18N4O3S/c1-15-6-4-10-19-21(15)26-24(32-19)27(13-16-7-5-11-25-12-16)20(29)14-28-22(30)17-8-2-3-9-18(17)23(28)31/h2-12H,13-14H2,1H3. The monoisotopic (exact) mass is 442 g/mol. The van der Waals surface area contributed by atoms with Gasteiger partial charge in [0.15, 0.2) is 5.13 Å². The minimum absolute atomic E-state index is 0.231. The van der Waals surface area contributed by atoms with Gasteiger partial charge in [-0.25, -0.2) is 4.98 Å². The van der Waals surface area contributed by atoms with E-state index < -0.39 is 11.8 Å². The van der Waals surface area contributed by atoms with Crippen molar-refractivity contribution in [3.63, 3.8) is 0 Å². The van der Waals surface area contributed by atoms with Crippen LogP contribution in [-0.2, 0) is 11.3 Å². The number of pyridine rings is 1. The fourth-order valence-electron chi connectivity index (χ4n) is 3.73. The van der Waals surface area contributed by atoms with Gasteiger partial charge in [0.05, 0.1) is 27.9 Å². The number of aromatic nitrogens is 2. The van der Waals surface area contributed by atoms with Crippen LogP contribution in [-0.4, -0.2) is 39.1 Å². The van der Waals surface area contributed by atoms with Gasteiger partial charge in [0.25, 0.3) is 11.8 Å². The lowest BCUT2D eigenvalue weighted by Gasteiger charge is -2.22. The van der Waals surface area contributed by atoms with Gasteiger partial charge in [-0.05, 0) is 42.3 Å². The summed E-state index contributed by atoms with van der Waals surface area (Å²) in [6.07, 6.45) is 3.34. The fourth-order valence-corrected chi connectivity index (χ4v) is 4.79. The van der Waals surface area contributed by atoms with Crippen molar-refractivity contribution in [2.24, 2.45) is 0 Å². The predicted octanol–water partition coefficient (Wildman–Crippen LogP) is 3.83. The van der Waals surface area contributed by atoms with Crippen LogP contribution in [0.5, 0.6) is 0 Å². The van der Waals surface area contributed by atoms with Crippen molar-refractivity contribution >= 4 is 44.4 Å². The second-order valence-electron chi connectivity index (χ2n) is 7.50. The molecule has 3 heterocycles. The van der Waals surface area contributed by atoms with E-state index in [1.165, 1.54) is 16.2 Å². The number of imide groups is 1. The van der Waals surface area contributed by atoms with Gasteiger partial charge in [-0.3, -0.25) is 29.2 Å². The summed E-state index contributed by atoms with van der Waals surface area (Å²) in [4.78, 5) is 50.3. The minimum atomic E-state index is -0.458. The molecule has 2 aromatic carbocycles. The number of thiazole rings is 1. The van der Waals surface area contributed by atoms with Gasteiger partial charge < -0.3 is 0 Å². The Bertz CT molecular complexity index is 1330. The molecule has 7 nitrogen and oxygen atoms in total. The third-order valence-corrected chi connectivity index (χ3v) is 6.42. The zero-order valence-corrected chi connectivity index (χ0v) is 18.0. The van der Waals surface area contributed by atoms with Crippen LogP contribution in [0.4, 0.5) is 5.13 Å². The summed E-state index contributed by atoms with van der Waals surface area (Å²) in [7, 11) is 0. The SMILES string of the molecule is Cc1cccc2sc(N(Cc3cccnc3)C(=O)CN3C(=O)c4ccccc4C3=O)nc12. The van der Waals surface area contributed by atoms with Crippen LogP contribution in [0.15, 0.2) is 67.0 Å². The number of para-hydroxylation sites is 1. The van der Waals surface area contributed by atoms with E-state index in [-0.39, 0.29) is 19.0 Å². The lowest BCUT2D eigenvalue weighted by molar-refractivity contribution is -0.119. The highest BCUT2D eigenvalue weighted by Gasteiger charge is 2.37. The van der Waals surface area contributed by atoms with Crippen LogP contribution in [0.1, 0.15) is 31.8 Å². The third-order valence-electron chi connectivity index (χ3n) is 5.38.